The zero-order chi connectivity index (χ0) is 11.4. The molecular weight excluding hydrogens is 182 g/mol. The molecule has 1 heteroatoms. The fourth-order valence-electron chi connectivity index (χ4n) is 2.04. The Bertz CT molecular complexity index is 112. The van der Waals surface area contributed by atoms with Crippen LogP contribution in [-0.4, -0.2) is 12.6 Å². The molecule has 1 atom stereocenters. The number of unbranched alkanes of at least 4 members (excludes halogenated alkanes) is 4. The number of hydrogen-bond acceptors (Lipinski definition) is 1. The van der Waals surface area contributed by atoms with Crippen molar-refractivity contribution in [3.63, 3.8) is 0 Å². The van der Waals surface area contributed by atoms with Crippen LogP contribution in [-0.2, 0) is 0 Å². The minimum absolute atomic E-state index is 0.788. The molecule has 1 N–H and O–H groups in total. The molecule has 15 heavy (non-hydrogen) atoms. The summed E-state index contributed by atoms with van der Waals surface area (Å²) in [4.78, 5) is 0. The van der Waals surface area contributed by atoms with E-state index in [2.05, 4.69) is 26.1 Å². The normalized spacial score (nSPS) is 13.0. The third-order valence-corrected chi connectivity index (χ3v) is 2.98. The molecule has 0 rings (SSSR count). The molecule has 0 saturated carbocycles. The summed E-state index contributed by atoms with van der Waals surface area (Å²) in [7, 11) is 0. The fraction of sp³-hybridized carbons (Fsp3) is 1.00. The second-order valence-corrected chi connectivity index (χ2v) is 4.64. The largest absolute Gasteiger partial charge is 0.314 e. The Morgan fingerprint density at radius 3 is 2.07 bits per heavy atom. The van der Waals surface area contributed by atoms with Crippen molar-refractivity contribution in [2.24, 2.45) is 0 Å². The fourth-order valence-corrected chi connectivity index (χ4v) is 2.04. The van der Waals surface area contributed by atoms with Crippen LogP contribution in [0.3, 0.4) is 0 Å². The molecule has 0 aliphatic rings. The Kier molecular flexibility index (Phi) is 12.0. The molecule has 0 aromatic rings. The molecule has 0 radical (unpaired) electrons. The zero-order valence-corrected chi connectivity index (χ0v) is 11.1. The predicted octanol–water partition coefficient (Wildman–Crippen LogP) is 4.52. The Balaban J connectivity index is 3.38. The summed E-state index contributed by atoms with van der Waals surface area (Å²) in [5, 5.41) is 3.66. The first-order valence-electron chi connectivity index (χ1n) is 7.08. The van der Waals surface area contributed by atoms with Gasteiger partial charge in [0.2, 0.25) is 0 Å². The van der Waals surface area contributed by atoms with E-state index in [1.807, 2.05) is 0 Å². The van der Waals surface area contributed by atoms with Crippen molar-refractivity contribution < 1.29 is 0 Å². The second kappa shape index (κ2) is 12.0. The third kappa shape index (κ3) is 10.2. The summed E-state index contributed by atoms with van der Waals surface area (Å²) < 4.78 is 0. The SMILES string of the molecule is CCCCCCCC(CCC)NCCC. The van der Waals surface area contributed by atoms with Gasteiger partial charge < -0.3 is 5.32 Å². The number of nitrogens with one attached hydrogen (secondary N) is 1. The molecule has 0 saturated heterocycles. The van der Waals surface area contributed by atoms with Crippen LogP contribution in [0.2, 0.25) is 0 Å². The Morgan fingerprint density at radius 1 is 0.733 bits per heavy atom. The summed E-state index contributed by atoms with van der Waals surface area (Å²) in [6.07, 6.45) is 12.4. The van der Waals surface area contributed by atoms with Gasteiger partial charge in [-0.3, -0.25) is 0 Å². The van der Waals surface area contributed by atoms with Crippen molar-refractivity contribution in [3.8, 4) is 0 Å². The average molecular weight is 213 g/mol. The van der Waals surface area contributed by atoms with Crippen LogP contribution in [0.4, 0.5) is 0 Å². The van der Waals surface area contributed by atoms with Gasteiger partial charge in [0.05, 0.1) is 0 Å². The van der Waals surface area contributed by atoms with Gasteiger partial charge >= 0.3 is 0 Å². The molecule has 0 heterocycles. The first-order chi connectivity index (χ1) is 7.35. The van der Waals surface area contributed by atoms with Crippen LogP contribution in [0.15, 0.2) is 0 Å². The van der Waals surface area contributed by atoms with Crippen LogP contribution in [0.5, 0.6) is 0 Å². The third-order valence-electron chi connectivity index (χ3n) is 2.98. The van der Waals surface area contributed by atoms with E-state index in [9.17, 15) is 0 Å². The maximum absolute atomic E-state index is 3.66. The van der Waals surface area contributed by atoms with Gasteiger partial charge in [-0.15, -0.1) is 0 Å². The number of hydrogen-bond donors (Lipinski definition) is 1. The van der Waals surface area contributed by atoms with E-state index in [0.717, 1.165) is 6.04 Å². The first kappa shape index (κ1) is 15.0. The van der Waals surface area contributed by atoms with Gasteiger partial charge in [-0.2, -0.15) is 0 Å². The van der Waals surface area contributed by atoms with E-state index in [1.54, 1.807) is 0 Å². The molecule has 0 fully saturated rings. The monoisotopic (exact) mass is 213 g/mol. The van der Waals surface area contributed by atoms with E-state index in [0.29, 0.717) is 0 Å². The molecule has 0 spiro atoms. The van der Waals surface area contributed by atoms with Crippen LogP contribution in [0.25, 0.3) is 0 Å². The minimum Gasteiger partial charge on any atom is -0.314 e. The molecule has 0 bridgehead atoms. The quantitative estimate of drug-likeness (QED) is 0.498. The maximum atomic E-state index is 3.66. The molecule has 0 amide bonds. The van der Waals surface area contributed by atoms with E-state index >= 15 is 0 Å². The second-order valence-electron chi connectivity index (χ2n) is 4.64. The zero-order valence-electron chi connectivity index (χ0n) is 11.1. The van der Waals surface area contributed by atoms with E-state index in [4.69, 9.17) is 0 Å². The molecule has 1 nitrogen and oxygen atoms in total. The first-order valence-corrected chi connectivity index (χ1v) is 7.08. The van der Waals surface area contributed by atoms with Crippen molar-refractivity contribution in [2.75, 3.05) is 6.54 Å². The highest BCUT2D eigenvalue weighted by Gasteiger charge is 2.05. The molecular formula is C14H31N. The highest BCUT2D eigenvalue weighted by atomic mass is 14.9. The van der Waals surface area contributed by atoms with Gasteiger partial charge in [-0.1, -0.05) is 59.3 Å². The van der Waals surface area contributed by atoms with Crippen LogP contribution >= 0.6 is 0 Å². The highest BCUT2D eigenvalue weighted by molar-refractivity contribution is 4.65. The lowest BCUT2D eigenvalue weighted by molar-refractivity contribution is 0.427. The summed E-state index contributed by atoms with van der Waals surface area (Å²) in [6.45, 7) is 8.01. The van der Waals surface area contributed by atoms with Gasteiger partial charge in [-0.25, -0.2) is 0 Å². The summed E-state index contributed by atoms with van der Waals surface area (Å²) >= 11 is 0. The Hall–Kier alpha value is -0.0400. The van der Waals surface area contributed by atoms with E-state index in [1.165, 1.54) is 64.3 Å². The van der Waals surface area contributed by atoms with E-state index in [-0.39, 0.29) is 0 Å². The van der Waals surface area contributed by atoms with Crippen molar-refractivity contribution in [1.29, 1.82) is 0 Å². The summed E-state index contributed by atoms with van der Waals surface area (Å²) in [5.74, 6) is 0. The van der Waals surface area contributed by atoms with Crippen molar-refractivity contribution in [3.05, 3.63) is 0 Å². The topological polar surface area (TPSA) is 12.0 Å². The molecule has 0 aromatic carbocycles. The molecule has 0 aliphatic carbocycles. The maximum Gasteiger partial charge on any atom is 0.00669 e. The standard InChI is InChI=1S/C14H31N/c1-4-7-8-9-10-12-14(11-5-2)15-13-6-3/h14-15H,4-13H2,1-3H3. The smallest absolute Gasteiger partial charge is 0.00669 e. The minimum atomic E-state index is 0.788. The molecule has 1 unspecified atom stereocenters. The van der Waals surface area contributed by atoms with Crippen molar-refractivity contribution in [2.45, 2.75) is 84.6 Å². The van der Waals surface area contributed by atoms with Crippen LogP contribution in [0.1, 0.15) is 78.6 Å². The highest BCUT2D eigenvalue weighted by Crippen LogP contribution is 2.10. The van der Waals surface area contributed by atoms with Gasteiger partial charge in [0.25, 0.3) is 0 Å². The summed E-state index contributed by atoms with van der Waals surface area (Å²) in [5.41, 5.74) is 0. The van der Waals surface area contributed by atoms with Gasteiger partial charge in [0.15, 0.2) is 0 Å². The van der Waals surface area contributed by atoms with Crippen LogP contribution in [0, 0.1) is 0 Å². The van der Waals surface area contributed by atoms with Gasteiger partial charge in [-0.05, 0) is 25.8 Å². The lowest BCUT2D eigenvalue weighted by Gasteiger charge is -2.17. The predicted molar refractivity (Wildman–Crippen MR) is 70.4 cm³/mol. The van der Waals surface area contributed by atoms with Crippen molar-refractivity contribution in [1.82, 2.24) is 5.32 Å². The van der Waals surface area contributed by atoms with Gasteiger partial charge in [0.1, 0.15) is 0 Å². The van der Waals surface area contributed by atoms with Gasteiger partial charge in [0, 0.05) is 6.04 Å². The number of rotatable bonds is 11. The molecule has 0 aromatic heterocycles. The summed E-state index contributed by atoms with van der Waals surface area (Å²) in [6, 6.07) is 0.788. The van der Waals surface area contributed by atoms with Crippen molar-refractivity contribution >= 4 is 0 Å². The van der Waals surface area contributed by atoms with E-state index < -0.39 is 0 Å². The average Bonchev–Trinajstić information content (AvgIpc) is 2.25. The molecule has 0 aliphatic heterocycles. The Morgan fingerprint density at radius 2 is 1.47 bits per heavy atom. The Labute approximate surface area is 97.0 Å². The lowest BCUT2D eigenvalue weighted by Crippen LogP contribution is -2.29. The van der Waals surface area contributed by atoms with Crippen LogP contribution < -0.4 is 5.32 Å². The molecule has 92 valence electrons. The lowest BCUT2D eigenvalue weighted by atomic mass is 10.0.